The molecule has 0 unspecified atom stereocenters. The van der Waals surface area contributed by atoms with Crippen molar-refractivity contribution in [2.45, 2.75) is 12.8 Å². The minimum Gasteiger partial charge on any atom is -0.326 e. The number of nitrogens with zero attached hydrogens (tertiary/aromatic N) is 1. The van der Waals surface area contributed by atoms with E-state index in [-0.39, 0.29) is 5.91 Å². The van der Waals surface area contributed by atoms with Crippen LogP contribution in [-0.2, 0) is 10.7 Å². The van der Waals surface area contributed by atoms with E-state index in [0.29, 0.717) is 5.88 Å². The molecule has 3 nitrogen and oxygen atoms in total. The molecule has 1 aromatic heterocycles. The van der Waals surface area contributed by atoms with Crippen LogP contribution in [0.5, 0.6) is 0 Å². The molecule has 0 aliphatic carbocycles. The normalized spacial score (nSPS) is 10.6. The number of hydrogen-bond donors (Lipinski definition) is 1. The average molecular weight is 311 g/mol. The van der Waals surface area contributed by atoms with Crippen LogP contribution < -0.4 is 5.32 Å². The summed E-state index contributed by atoms with van der Waals surface area (Å²) >= 11 is 6.07. The number of carbonyl (C=O) groups is 1. The number of para-hydroxylation sites is 1. The van der Waals surface area contributed by atoms with Gasteiger partial charge in [-0.1, -0.05) is 30.3 Å². The zero-order valence-electron chi connectivity index (χ0n) is 12.1. The van der Waals surface area contributed by atoms with E-state index in [1.807, 2.05) is 54.6 Å². The predicted molar refractivity (Wildman–Crippen MR) is 91.0 cm³/mol. The minimum absolute atomic E-state index is 0.0824. The highest BCUT2D eigenvalue weighted by atomic mass is 35.5. The van der Waals surface area contributed by atoms with Gasteiger partial charge in [0, 0.05) is 29.4 Å². The number of fused-ring (bicyclic) bond motifs is 1. The molecule has 0 aliphatic rings. The SMILES string of the molecule is CC(=O)Nc1ccc(-c2cc(CCl)c3ccccc3n2)cc1. The number of amides is 1. The van der Waals surface area contributed by atoms with E-state index in [4.69, 9.17) is 16.6 Å². The van der Waals surface area contributed by atoms with E-state index in [2.05, 4.69) is 5.32 Å². The Morgan fingerprint density at radius 3 is 2.55 bits per heavy atom. The fourth-order valence-electron chi connectivity index (χ4n) is 2.43. The van der Waals surface area contributed by atoms with Crippen LogP contribution in [0.15, 0.2) is 54.6 Å². The molecule has 0 bridgehead atoms. The average Bonchev–Trinajstić information content (AvgIpc) is 2.54. The number of rotatable bonds is 3. The quantitative estimate of drug-likeness (QED) is 0.718. The van der Waals surface area contributed by atoms with Crippen molar-refractivity contribution in [1.29, 1.82) is 0 Å². The molecule has 0 saturated carbocycles. The Labute approximate surface area is 133 Å². The van der Waals surface area contributed by atoms with Gasteiger partial charge in [0.2, 0.25) is 5.91 Å². The first kappa shape index (κ1) is 14.5. The van der Waals surface area contributed by atoms with Gasteiger partial charge in [-0.2, -0.15) is 0 Å². The molecule has 0 radical (unpaired) electrons. The van der Waals surface area contributed by atoms with Gasteiger partial charge in [-0.15, -0.1) is 11.6 Å². The third-order valence-corrected chi connectivity index (χ3v) is 3.73. The van der Waals surface area contributed by atoms with Crippen LogP contribution in [0.3, 0.4) is 0 Å². The number of carbonyl (C=O) groups excluding carboxylic acids is 1. The number of benzene rings is 2. The first-order valence-corrected chi connectivity index (χ1v) is 7.53. The Balaban J connectivity index is 2.04. The Bertz CT molecular complexity index is 828. The van der Waals surface area contributed by atoms with Crippen LogP contribution in [0.25, 0.3) is 22.2 Å². The van der Waals surface area contributed by atoms with Crippen molar-refractivity contribution < 1.29 is 4.79 Å². The van der Waals surface area contributed by atoms with Crippen LogP contribution in [0.1, 0.15) is 12.5 Å². The van der Waals surface area contributed by atoms with Gasteiger partial charge in [0.1, 0.15) is 0 Å². The third kappa shape index (κ3) is 2.95. The van der Waals surface area contributed by atoms with E-state index in [9.17, 15) is 4.79 Å². The Kier molecular flexibility index (Phi) is 4.07. The van der Waals surface area contributed by atoms with Gasteiger partial charge in [0.15, 0.2) is 0 Å². The van der Waals surface area contributed by atoms with E-state index >= 15 is 0 Å². The molecule has 0 aliphatic heterocycles. The molecule has 1 amide bonds. The highest BCUT2D eigenvalue weighted by molar-refractivity contribution is 6.18. The lowest BCUT2D eigenvalue weighted by Gasteiger charge is -2.09. The number of alkyl halides is 1. The summed E-state index contributed by atoms with van der Waals surface area (Å²) in [5.74, 6) is 0.362. The number of anilines is 1. The molecule has 1 N–H and O–H groups in total. The summed E-state index contributed by atoms with van der Waals surface area (Å²) in [5.41, 5.74) is 4.64. The molecular weight excluding hydrogens is 296 g/mol. The van der Waals surface area contributed by atoms with Crippen LogP contribution in [0.4, 0.5) is 5.69 Å². The standard InChI is InChI=1S/C18H15ClN2O/c1-12(22)20-15-8-6-13(7-9-15)18-10-14(11-19)16-4-2-3-5-17(16)21-18/h2-10H,11H2,1H3,(H,20,22). The van der Waals surface area contributed by atoms with E-state index < -0.39 is 0 Å². The summed E-state index contributed by atoms with van der Waals surface area (Å²) in [4.78, 5) is 15.8. The van der Waals surface area contributed by atoms with Gasteiger partial charge >= 0.3 is 0 Å². The second-order valence-electron chi connectivity index (χ2n) is 5.08. The van der Waals surface area contributed by atoms with Crippen molar-refractivity contribution in [2.75, 3.05) is 5.32 Å². The molecule has 3 rings (SSSR count). The summed E-state index contributed by atoms with van der Waals surface area (Å²) in [6.45, 7) is 1.49. The van der Waals surface area contributed by atoms with E-state index in [1.165, 1.54) is 6.92 Å². The molecule has 22 heavy (non-hydrogen) atoms. The Morgan fingerprint density at radius 1 is 1.14 bits per heavy atom. The van der Waals surface area contributed by atoms with E-state index in [0.717, 1.165) is 33.4 Å². The highest BCUT2D eigenvalue weighted by Crippen LogP contribution is 2.26. The van der Waals surface area contributed by atoms with Gasteiger partial charge in [-0.05, 0) is 29.8 Å². The molecule has 0 spiro atoms. The maximum atomic E-state index is 11.1. The van der Waals surface area contributed by atoms with Crippen molar-refractivity contribution in [3.63, 3.8) is 0 Å². The van der Waals surface area contributed by atoms with Gasteiger partial charge < -0.3 is 5.32 Å². The summed E-state index contributed by atoms with van der Waals surface area (Å²) < 4.78 is 0. The zero-order valence-corrected chi connectivity index (χ0v) is 12.9. The van der Waals surface area contributed by atoms with Gasteiger partial charge in [-0.25, -0.2) is 4.98 Å². The number of hydrogen-bond acceptors (Lipinski definition) is 2. The number of pyridine rings is 1. The molecule has 0 atom stereocenters. The maximum Gasteiger partial charge on any atom is 0.221 e. The molecular formula is C18H15ClN2O. The lowest BCUT2D eigenvalue weighted by molar-refractivity contribution is -0.114. The summed E-state index contributed by atoms with van der Waals surface area (Å²) in [6, 6.07) is 17.6. The van der Waals surface area contributed by atoms with Crippen LogP contribution in [0, 0.1) is 0 Å². The van der Waals surface area contributed by atoms with Crippen molar-refractivity contribution in [3.05, 3.63) is 60.2 Å². The fraction of sp³-hybridized carbons (Fsp3) is 0.111. The predicted octanol–water partition coefficient (Wildman–Crippen LogP) is 4.60. The molecule has 1 heterocycles. The van der Waals surface area contributed by atoms with Crippen LogP contribution >= 0.6 is 11.6 Å². The van der Waals surface area contributed by atoms with Crippen LogP contribution in [-0.4, -0.2) is 10.9 Å². The molecule has 2 aromatic carbocycles. The van der Waals surface area contributed by atoms with Crippen molar-refractivity contribution in [1.82, 2.24) is 4.98 Å². The lowest BCUT2D eigenvalue weighted by atomic mass is 10.0. The van der Waals surface area contributed by atoms with E-state index in [1.54, 1.807) is 0 Å². The highest BCUT2D eigenvalue weighted by Gasteiger charge is 2.07. The van der Waals surface area contributed by atoms with Gasteiger partial charge in [0.05, 0.1) is 11.2 Å². The molecule has 110 valence electrons. The van der Waals surface area contributed by atoms with Crippen molar-refractivity contribution in [2.24, 2.45) is 0 Å². The minimum atomic E-state index is -0.0824. The monoisotopic (exact) mass is 310 g/mol. The lowest BCUT2D eigenvalue weighted by Crippen LogP contribution is -2.05. The maximum absolute atomic E-state index is 11.1. The summed E-state index contributed by atoms with van der Waals surface area (Å²) in [7, 11) is 0. The van der Waals surface area contributed by atoms with Gasteiger partial charge in [-0.3, -0.25) is 4.79 Å². The first-order chi connectivity index (χ1) is 10.7. The third-order valence-electron chi connectivity index (χ3n) is 3.45. The molecule has 0 saturated heterocycles. The number of nitrogens with one attached hydrogen (secondary N) is 1. The Hall–Kier alpha value is -2.39. The molecule has 3 aromatic rings. The number of halogens is 1. The number of aromatic nitrogens is 1. The molecule has 0 fully saturated rings. The second-order valence-corrected chi connectivity index (χ2v) is 5.34. The summed E-state index contributed by atoms with van der Waals surface area (Å²) in [5, 5.41) is 3.83. The second kappa shape index (κ2) is 6.16. The molecule has 4 heteroatoms. The van der Waals surface area contributed by atoms with Crippen molar-refractivity contribution >= 4 is 34.1 Å². The largest absolute Gasteiger partial charge is 0.326 e. The van der Waals surface area contributed by atoms with Crippen LogP contribution in [0.2, 0.25) is 0 Å². The topological polar surface area (TPSA) is 42.0 Å². The van der Waals surface area contributed by atoms with Gasteiger partial charge in [0.25, 0.3) is 0 Å². The Morgan fingerprint density at radius 2 is 1.86 bits per heavy atom. The smallest absolute Gasteiger partial charge is 0.221 e. The zero-order chi connectivity index (χ0) is 15.5. The fourth-order valence-corrected chi connectivity index (χ4v) is 2.65. The summed E-state index contributed by atoms with van der Waals surface area (Å²) in [6.07, 6.45) is 0. The first-order valence-electron chi connectivity index (χ1n) is 7.00. The van der Waals surface area contributed by atoms with Crippen molar-refractivity contribution in [3.8, 4) is 11.3 Å².